The van der Waals surface area contributed by atoms with Crippen molar-refractivity contribution in [2.24, 2.45) is 16.2 Å². The Labute approximate surface area is 563 Å². The first-order valence-electron chi connectivity index (χ1n) is 33.2. The van der Waals surface area contributed by atoms with Crippen LogP contribution in [0.5, 0.6) is 11.5 Å². The highest BCUT2D eigenvalue weighted by Gasteiger charge is 2.48. The average Bonchev–Trinajstić information content (AvgIpc) is 1.64. The van der Waals surface area contributed by atoms with Crippen LogP contribution < -0.4 is 4.74 Å². The Balaban J connectivity index is 1.11. The lowest BCUT2D eigenvalue weighted by Crippen LogP contribution is -2.45. The second kappa shape index (κ2) is 24.0. The largest absolute Gasteiger partial charge is 0.505 e. The second-order valence-electron chi connectivity index (χ2n) is 34.6. The van der Waals surface area contributed by atoms with Crippen LogP contribution in [0.2, 0.25) is 10.0 Å². The van der Waals surface area contributed by atoms with E-state index in [1.807, 2.05) is 12.1 Å². The first-order chi connectivity index (χ1) is 42.8. The van der Waals surface area contributed by atoms with Gasteiger partial charge < -0.3 is 28.8 Å². The second-order valence-corrected chi connectivity index (χ2v) is 35.4. The van der Waals surface area contributed by atoms with Crippen LogP contribution in [-0.4, -0.2) is 38.3 Å². The molecule has 1 aliphatic rings. The quantitative estimate of drug-likeness (QED) is 0.0841. The molecule has 0 aliphatic heterocycles. The van der Waals surface area contributed by atoms with Crippen LogP contribution in [0.15, 0.2) is 133 Å². The molecule has 10 rings (SSSR count). The van der Waals surface area contributed by atoms with Crippen molar-refractivity contribution < 1.29 is 28.5 Å². The fraction of sp³-hybridized carbons (Fsp3) is 0.446. The smallest absolute Gasteiger partial charge is 0.218 e. The predicted octanol–water partition coefficient (Wildman–Crippen LogP) is 24.0. The topological polar surface area (TPSA) is 68.8 Å². The van der Waals surface area contributed by atoms with Crippen LogP contribution in [0, 0.1) is 27.9 Å². The molecule has 2 unspecified atom stereocenters. The van der Waals surface area contributed by atoms with Gasteiger partial charge in [-0.1, -0.05) is 206 Å². The van der Waals surface area contributed by atoms with Crippen LogP contribution in [0.4, 0.5) is 8.78 Å². The number of ether oxygens (including phenoxy) is 2. The third-order valence-corrected chi connectivity index (χ3v) is 19.4. The van der Waals surface area contributed by atoms with Crippen molar-refractivity contribution in [1.29, 1.82) is 0 Å². The minimum absolute atomic E-state index is 0.00606. The van der Waals surface area contributed by atoms with Gasteiger partial charge in [-0.25, -0.2) is 8.78 Å². The Morgan fingerprint density at radius 2 is 0.946 bits per heavy atom. The molecule has 0 saturated carbocycles. The van der Waals surface area contributed by atoms with E-state index in [9.17, 15) is 10.2 Å². The van der Waals surface area contributed by atoms with E-state index in [1.54, 1.807) is 6.07 Å². The van der Waals surface area contributed by atoms with E-state index in [4.69, 9.17) is 32.7 Å². The van der Waals surface area contributed by atoms with Crippen LogP contribution in [0.1, 0.15) is 211 Å². The summed E-state index contributed by atoms with van der Waals surface area (Å²) in [5.41, 5.74) is 10.6. The third kappa shape index (κ3) is 14.0. The zero-order valence-corrected chi connectivity index (χ0v) is 60.9. The van der Waals surface area contributed by atoms with E-state index >= 15 is 8.78 Å². The zero-order chi connectivity index (χ0) is 68.5. The first-order valence-corrected chi connectivity index (χ1v) is 34.0. The molecule has 494 valence electrons. The lowest BCUT2D eigenvalue weighted by Gasteiger charge is -2.44. The summed E-state index contributed by atoms with van der Waals surface area (Å²) in [5.74, 6) is -3.16. The number of fused-ring (bicyclic) bond motifs is 6. The minimum atomic E-state index is -2.14. The average molecular weight is 1300 g/mol. The lowest BCUT2D eigenvalue weighted by atomic mass is 9.68. The number of phenolic OH excluding ortho intramolecular Hbond substituents is 1. The number of aliphatic hydroxyl groups is 1. The summed E-state index contributed by atoms with van der Waals surface area (Å²) in [7, 11) is 0. The van der Waals surface area contributed by atoms with Gasteiger partial charge >= 0.3 is 0 Å². The molecule has 2 heterocycles. The van der Waals surface area contributed by atoms with E-state index in [2.05, 4.69) is 246 Å². The minimum Gasteiger partial charge on any atom is -0.505 e. The highest BCUT2D eigenvalue weighted by Crippen LogP contribution is 2.54. The van der Waals surface area contributed by atoms with Gasteiger partial charge in [0.2, 0.25) is 5.79 Å². The number of hydrogen-bond donors (Lipinski definition) is 2. The molecule has 0 saturated heterocycles. The van der Waals surface area contributed by atoms with Crippen molar-refractivity contribution in [3.8, 4) is 28.3 Å². The Morgan fingerprint density at radius 1 is 0.495 bits per heavy atom. The molecule has 1 aliphatic carbocycles. The van der Waals surface area contributed by atoms with Gasteiger partial charge in [0.1, 0.15) is 29.2 Å². The maximum atomic E-state index is 16.3. The number of halogens is 4. The zero-order valence-electron chi connectivity index (χ0n) is 59.4. The number of phenols is 1. The van der Waals surface area contributed by atoms with E-state index < -0.39 is 34.3 Å². The van der Waals surface area contributed by atoms with Crippen molar-refractivity contribution in [2.45, 2.75) is 210 Å². The summed E-state index contributed by atoms with van der Waals surface area (Å²) in [6.45, 7) is 48.8. The monoisotopic (exact) mass is 1300 g/mol. The van der Waals surface area contributed by atoms with E-state index in [-0.39, 0.29) is 79.2 Å². The Kier molecular flexibility index (Phi) is 17.9. The van der Waals surface area contributed by atoms with Gasteiger partial charge in [0.05, 0.1) is 35.0 Å². The Morgan fingerprint density at radius 3 is 1.41 bits per heavy atom. The maximum Gasteiger partial charge on any atom is 0.218 e. The number of benzene rings is 7. The molecule has 2 N–H and O–H groups in total. The highest BCUT2D eigenvalue weighted by molar-refractivity contribution is 6.32. The molecule has 2 aromatic heterocycles. The van der Waals surface area contributed by atoms with Crippen LogP contribution in [0.25, 0.3) is 66.0 Å². The van der Waals surface area contributed by atoms with Gasteiger partial charge in [0.25, 0.3) is 0 Å². The maximum absolute atomic E-state index is 16.3. The number of hydrogen-bond acceptors (Lipinski definition) is 4. The molecule has 0 amide bonds. The van der Waals surface area contributed by atoms with Crippen molar-refractivity contribution in [1.82, 2.24) is 9.13 Å². The number of aromatic hydroxyl groups is 1. The highest BCUT2D eigenvalue weighted by atomic mass is 35.5. The van der Waals surface area contributed by atoms with Crippen molar-refractivity contribution in [3.05, 3.63) is 188 Å². The Bertz CT molecular complexity index is 4290. The third-order valence-electron chi connectivity index (χ3n) is 18.9. The predicted molar refractivity (Wildman–Crippen MR) is 390 cm³/mol. The summed E-state index contributed by atoms with van der Waals surface area (Å²) in [4.78, 5) is 0. The molecule has 0 radical (unpaired) electrons. The summed E-state index contributed by atoms with van der Waals surface area (Å²) < 4.78 is 50.5. The molecule has 0 fully saturated rings. The SMILES string of the molecule is CC(C)(C)CC(C)(C)C1=CC(n2c3ccc(C(C)(C)C)cc3c3cc(C(C)(C)C)ccc32)C(O)(OCCCOc2c(Cl)cc(F)cc2-c2cc(C(C)(C)CC(C)(C)C)cc(-n3c4ccc(C(C)(C)C)cc4c4cc(C(C)(C)C)ccc43)c2O)C(c2cc(F)cc(Cl)c2)=C1. The molecular formula is C83H100Cl2F2N2O4. The van der Waals surface area contributed by atoms with Crippen LogP contribution >= 0.6 is 23.2 Å². The van der Waals surface area contributed by atoms with Crippen molar-refractivity contribution >= 4 is 72.4 Å². The van der Waals surface area contributed by atoms with E-state index in [1.165, 1.54) is 46.5 Å². The van der Waals surface area contributed by atoms with Crippen molar-refractivity contribution in [2.75, 3.05) is 13.2 Å². The fourth-order valence-corrected chi connectivity index (χ4v) is 15.2. The first kappa shape index (κ1) is 69.4. The number of aromatic nitrogens is 2. The normalized spacial score (nSPS) is 16.7. The molecule has 10 heteroatoms. The summed E-state index contributed by atoms with van der Waals surface area (Å²) in [5, 5.41) is 31.8. The van der Waals surface area contributed by atoms with Crippen molar-refractivity contribution in [3.63, 3.8) is 0 Å². The molecule has 0 bridgehead atoms. The molecule has 2 atom stereocenters. The molecule has 9 aromatic rings. The van der Waals surface area contributed by atoms with E-state index in [0.29, 0.717) is 22.4 Å². The fourth-order valence-electron chi connectivity index (χ4n) is 14.7. The van der Waals surface area contributed by atoms with Gasteiger partial charge in [-0.15, -0.1) is 0 Å². The van der Waals surface area contributed by atoms with Gasteiger partial charge in [0, 0.05) is 60.7 Å². The summed E-state index contributed by atoms with van der Waals surface area (Å²) in [6.07, 6.45) is 5.93. The van der Waals surface area contributed by atoms with E-state index in [0.717, 1.165) is 67.6 Å². The number of rotatable bonds is 14. The number of nitrogens with zero attached hydrogens (tertiary/aromatic N) is 2. The Hall–Kier alpha value is -6.42. The van der Waals surface area contributed by atoms with Gasteiger partial charge in [-0.2, -0.15) is 0 Å². The molecule has 0 spiro atoms. The standard InChI is InChI=1S/C83H100Cl2F2N2O4/c1-75(2,3)47-81(19,20)54-40-63(73(90)71(42-54)88-67-28-24-50(77(7,8)9)36-59(67)60-37-51(78(10,11)12)25-29-68(60)88)64-45-58(87)46-66(85)74(64)92-32-23-33-93-83(91)65(49-34-56(84)44-57(86)35-49)41-55(82(21,22)48-76(4,5)6)43-72(83)89-69-30-26-52(79(13,14)15)38-61(69)62-39-53(80(16,17)18)27-31-70(62)89/h24-31,34-46,72,90-91H,23,32-33,47-48H2,1-22H3. The molecule has 93 heavy (non-hydrogen) atoms. The van der Waals surface area contributed by atoms with Gasteiger partial charge in [0.15, 0.2) is 0 Å². The van der Waals surface area contributed by atoms with Crippen LogP contribution in [-0.2, 0) is 31.8 Å². The summed E-state index contributed by atoms with van der Waals surface area (Å²) in [6, 6.07) is 36.6. The number of allylic oxidation sites excluding steroid dienone is 2. The summed E-state index contributed by atoms with van der Waals surface area (Å²) >= 11 is 13.9. The van der Waals surface area contributed by atoms with Gasteiger partial charge in [-0.05, 0) is 192 Å². The molecular weight excluding hydrogens is 1200 g/mol. The lowest BCUT2D eigenvalue weighted by molar-refractivity contribution is -0.179. The molecule has 7 aromatic carbocycles. The van der Waals surface area contributed by atoms with Crippen LogP contribution in [0.3, 0.4) is 0 Å². The van der Waals surface area contributed by atoms with Gasteiger partial charge in [-0.3, -0.25) is 0 Å². The molecule has 6 nitrogen and oxygen atoms in total.